The van der Waals surface area contributed by atoms with Crippen molar-refractivity contribution in [2.75, 3.05) is 6.61 Å². The Morgan fingerprint density at radius 3 is 2.62 bits per heavy atom. The van der Waals surface area contributed by atoms with Crippen LogP contribution < -0.4 is 4.74 Å². The fraction of sp³-hybridized carbons (Fsp3) is 0.522. The first-order valence-electron chi connectivity index (χ1n) is 10.5. The number of imidazole rings is 1. The predicted molar refractivity (Wildman–Crippen MR) is 112 cm³/mol. The van der Waals surface area contributed by atoms with Crippen molar-refractivity contribution in [1.82, 2.24) is 14.5 Å². The summed E-state index contributed by atoms with van der Waals surface area (Å²) in [5.74, 6) is 1.52. The average molecular weight is 398 g/mol. The van der Waals surface area contributed by atoms with Crippen molar-refractivity contribution in [3.63, 3.8) is 0 Å². The van der Waals surface area contributed by atoms with Gasteiger partial charge in [-0.05, 0) is 50.7 Å². The van der Waals surface area contributed by atoms with E-state index >= 15 is 0 Å². The Morgan fingerprint density at radius 2 is 2.03 bits per heavy atom. The summed E-state index contributed by atoms with van der Waals surface area (Å²) in [6.07, 6.45) is 9.63. The molecule has 2 saturated heterocycles. The third-order valence-electron chi connectivity index (χ3n) is 6.40. The Kier molecular flexibility index (Phi) is 5.40. The van der Waals surface area contributed by atoms with Crippen LogP contribution >= 0.6 is 0 Å². The summed E-state index contributed by atoms with van der Waals surface area (Å²) in [5, 5.41) is 21.8. The van der Waals surface area contributed by atoms with Gasteiger partial charge in [-0.25, -0.2) is 4.98 Å². The monoisotopic (exact) mass is 397 g/mol. The van der Waals surface area contributed by atoms with Crippen LogP contribution in [0.3, 0.4) is 0 Å². The van der Waals surface area contributed by atoms with Crippen molar-refractivity contribution in [3.05, 3.63) is 54.1 Å². The molecule has 2 fully saturated rings. The largest absolute Gasteiger partial charge is 0.504 e. The fourth-order valence-electron chi connectivity index (χ4n) is 5.18. The number of phenolic OH excluding ortho intramolecular Hbond substituents is 1. The van der Waals surface area contributed by atoms with Gasteiger partial charge in [0.1, 0.15) is 11.4 Å². The molecule has 4 rings (SSSR count). The number of allylic oxidation sites excluding steroid dienone is 1. The molecule has 2 aliphatic rings. The third kappa shape index (κ3) is 3.67. The van der Waals surface area contributed by atoms with E-state index in [4.69, 9.17) is 4.74 Å². The number of piperidine rings is 1. The maximum atomic E-state index is 11.4. The van der Waals surface area contributed by atoms with Crippen LogP contribution in [0.4, 0.5) is 0 Å². The molecule has 2 aliphatic heterocycles. The Balaban J connectivity index is 1.57. The molecule has 2 bridgehead atoms. The highest BCUT2D eigenvalue weighted by Gasteiger charge is 2.49. The van der Waals surface area contributed by atoms with Crippen LogP contribution in [0.5, 0.6) is 11.5 Å². The quantitative estimate of drug-likeness (QED) is 0.702. The molecule has 3 heterocycles. The summed E-state index contributed by atoms with van der Waals surface area (Å²) >= 11 is 0. The molecule has 29 heavy (non-hydrogen) atoms. The highest BCUT2D eigenvalue weighted by molar-refractivity contribution is 5.49. The van der Waals surface area contributed by atoms with Gasteiger partial charge in [-0.2, -0.15) is 0 Å². The van der Waals surface area contributed by atoms with Crippen molar-refractivity contribution in [2.45, 2.75) is 63.3 Å². The average Bonchev–Trinajstić information content (AvgIpc) is 3.21. The number of aromatic hydroxyl groups is 1. The molecule has 0 spiro atoms. The predicted octanol–water partition coefficient (Wildman–Crippen LogP) is 3.27. The number of aliphatic hydroxyl groups is 1. The Bertz CT molecular complexity index is 877. The number of hydrogen-bond acceptors (Lipinski definition) is 5. The number of hydrogen-bond donors (Lipinski definition) is 2. The topological polar surface area (TPSA) is 70.8 Å². The van der Waals surface area contributed by atoms with Crippen LogP contribution in [-0.4, -0.2) is 43.4 Å². The van der Waals surface area contributed by atoms with E-state index in [9.17, 15) is 10.2 Å². The Hall–Kier alpha value is -2.31. The molecule has 0 aliphatic carbocycles. The fourth-order valence-corrected chi connectivity index (χ4v) is 5.18. The van der Waals surface area contributed by atoms with Crippen LogP contribution in [0.2, 0.25) is 0 Å². The minimum Gasteiger partial charge on any atom is -0.504 e. The van der Waals surface area contributed by atoms with Gasteiger partial charge in [0, 0.05) is 43.6 Å². The lowest BCUT2D eigenvalue weighted by Crippen LogP contribution is -2.50. The van der Waals surface area contributed by atoms with E-state index in [0.717, 1.165) is 36.3 Å². The second-order valence-electron chi connectivity index (χ2n) is 8.39. The van der Waals surface area contributed by atoms with Gasteiger partial charge in [0.25, 0.3) is 0 Å². The lowest BCUT2D eigenvalue weighted by atomic mass is 9.85. The number of nitrogens with zero attached hydrogens (tertiary/aromatic N) is 3. The summed E-state index contributed by atoms with van der Waals surface area (Å²) in [5.41, 5.74) is 1.11. The molecular formula is C23H31N3O3. The number of phenols is 1. The van der Waals surface area contributed by atoms with E-state index in [0.29, 0.717) is 43.7 Å². The molecule has 0 amide bonds. The third-order valence-corrected chi connectivity index (χ3v) is 6.40. The summed E-state index contributed by atoms with van der Waals surface area (Å²) < 4.78 is 7.60. The smallest absolute Gasteiger partial charge is 0.161 e. The van der Waals surface area contributed by atoms with Crippen molar-refractivity contribution in [2.24, 2.45) is 7.05 Å². The molecule has 1 aromatic heterocycles. The maximum absolute atomic E-state index is 11.4. The van der Waals surface area contributed by atoms with E-state index in [2.05, 4.69) is 22.5 Å². The maximum Gasteiger partial charge on any atom is 0.161 e. The molecule has 0 saturated carbocycles. The lowest BCUT2D eigenvalue weighted by molar-refractivity contribution is -0.0669. The van der Waals surface area contributed by atoms with Gasteiger partial charge in [0.15, 0.2) is 11.5 Å². The molecule has 0 radical (unpaired) electrons. The number of benzene rings is 1. The Morgan fingerprint density at radius 1 is 1.31 bits per heavy atom. The second-order valence-corrected chi connectivity index (χ2v) is 8.39. The first-order chi connectivity index (χ1) is 13.9. The van der Waals surface area contributed by atoms with Gasteiger partial charge < -0.3 is 19.5 Å². The molecule has 1 aromatic carbocycles. The molecule has 0 unspecified atom stereocenters. The molecule has 2 aromatic rings. The van der Waals surface area contributed by atoms with Gasteiger partial charge in [-0.15, -0.1) is 6.58 Å². The number of fused-ring (bicyclic) bond motifs is 2. The minimum absolute atomic E-state index is 0.210. The van der Waals surface area contributed by atoms with E-state index in [1.54, 1.807) is 12.3 Å². The van der Waals surface area contributed by atoms with Gasteiger partial charge in [0.05, 0.1) is 6.61 Å². The first kappa shape index (κ1) is 20.0. The first-order valence-corrected chi connectivity index (χ1v) is 10.5. The number of rotatable bonds is 7. The lowest BCUT2D eigenvalue weighted by Gasteiger charge is -2.43. The van der Waals surface area contributed by atoms with Gasteiger partial charge >= 0.3 is 0 Å². The SMILES string of the molecule is C=CCc1cc(CN2[C@@H]3CC[C@@H]2CC(O)(c2nccn2C)C3)cc(OCC)c1O. The van der Waals surface area contributed by atoms with Crippen LogP contribution in [0.25, 0.3) is 0 Å². The molecule has 156 valence electrons. The Labute approximate surface area is 172 Å². The van der Waals surface area contributed by atoms with Crippen molar-refractivity contribution in [3.8, 4) is 11.5 Å². The number of ether oxygens (including phenoxy) is 1. The number of aromatic nitrogens is 2. The molecule has 2 N–H and O–H groups in total. The van der Waals surface area contributed by atoms with E-state index in [1.807, 2.05) is 30.8 Å². The zero-order valence-corrected chi connectivity index (χ0v) is 17.3. The van der Waals surface area contributed by atoms with Crippen LogP contribution in [0.1, 0.15) is 49.6 Å². The van der Waals surface area contributed by atoms with Crippen LogP contribution in [-0.2, 0) is 25.6 Å². The highest BCUT2D eigenvalue weighted by atomic mass is 16.5. The normalized spacial score (nSPS) is 26.6. The zero-order chi connectivity index (χ0) is 20.6. The van der Waals surface area contributed by atoms with Crippen molar-refractivity contribution < 1.29 is 14.9 Å². The minimum atomic E-state index is -0.861. The highest BCUT2D eigenvalue weighted by Crippen LogP contribution is 2.46. The van der Waals surface area contributed by atoms with Gasteiger partial charge in [-0.1, -0.05) is 12.1 Å². The summed E-state index contributed by atoms with van der Waals surface area (Å²) in [4.78, 5) is 6.94. The van der Waals surface area contributed by atoms with Crippen LogP contribution in [0.15, 0.2) is 37.2 Å². The number of aryl methyl sites for hydroxylation is 1. The molecule has 6 heteroatoms. The van der Waals surface area contributed by atoms with Gasteiger partial charge in [0.2, 0.25) is 0 Å². The van der Waals surface area contributed by atoms with E-state index in [-0.39, 0.29) is 5.75 Å². The zero-order valence-electron chi connectivity index (χ0n) is 17.3. The molecule has 2 atom stereocenters. The molecule has 6 nitrogen and oxygen atoms in total. The van der Waals surface area contributed by atoms with Gasteiger partial charge in [-0.3, -0.25) is 4.90 Å². The standard InChI is InChI=1S/C23H31N3O3/c1-4-6-17-11-16(12-20(21(17)27)29-5-2)15-26-18-7-8-19(26)14-23(28,13-18)22-24-9-10-25(22)3/h4,9-12,18-19,27-28H,1,5-8,13-15H2,2-3H3/t18-,19-/m1/s1. The van der Waals surface area contributed by atoms with E-state index < -0.39 is 5.60 Å². The summed E-state index contributed by atoms with van der Waals surface area (Å²) in [7, 11) is 1.95. The van der Waals surface area contributed by atoms with E-state index in [1.165, 1.54) is 0 Å². The van der Waals surface area contributed by atoms with Crippen LogP contribution in [0, 0.1) is 0 Å². The van der Waals surface area contributed by atoms with Crippen molar-refractivity contribution in [1.29, 1.82) is 0 Å². The molecular weight excluding hydrogens is 366 g/mol. The van der Waals surface area contributed by atoms with Crippen molar-refractivity contribution >= 4 is 0 Å². The second kappa shape index (κ2) is 7.84. The summed E-state index contributed by atoms with van der Waals surface area (Å²) in [6, 6.07) is 4.65. The summed E-state index contributed by atoms with van der Waals surface area (Å²) in [6.45, 7) is 7.02.